The van der Waals surface area contributed by atoms with E-state index in [4.69, 9.17) is 13.1 Å². The molecule has 5 aromatic carbocycles. The molecule has 6 aromatic rings. The summed E-state index contributed by atoms with van der Waals surface area (Å²) in [7, 11) is 0. The van der Waals surface area contributed by atoms with Crippen LogP contribution >= 0.6 is 0 Å². The SMILES string of the molecule is [C-]#[N+]c1cc(-c2cc(C#N)cc(-c3ccccc3)c2)cc(-n2c3ccc(C#N)cc3c3cc([N+]#[C-])ccc32)c1. The standard InChI is InChI=1S/C34H17N5/c1-37-28-9-11-34-32(19-28)31-14-22(20-35)8-10-33(31)39(34)30-17-27(16-29(18-30)38-2)26-13-23(21-36)12-25(15-26)24-6-4-3-5-7-24/h3-19H. The van der Waals surface area contributed by atoms with Gasteiger partial charge in [0.1, 0.15) is 0 Å². The fourth-order valence-corrected chi connectivity index (χ4v) is 5.04. The predicted molar refractivity (Wildman–Crippen MR) is 154 cm³/mol. The monoisotopic (exact) mass is 495 g/mol. The van der Waals surface area contributed by atoms with E-state index in [0.717, 1.165) is 49.7 Å². The first kappa shape index (κ1) is 23.3. The van der Waals surface area contributed by atoms with Gasteiger partial charge in [-0.15, -0.1) is 0 Å². The van der Waals surface area contributed by atoms with E-state index >= 15 is 0 Å². The molecule has 6 rings (SSSR count). The number of hydrogen-bond donors (Lipinski definition) is 0. The van der Waals surface area contributed by atoms with Gasteiger partial charge in [0.25, 0.3) is 0 Å². The van der Waals surface area contributed by atoms with Crippen molar-refractivity contribution in [3.8, 4) is 40.1 Å². The van der Waals surface area contributed by atoms with Crippen molar-refractivity contribution in [1.29, 1.82) is 10.5 Å². The smallest absolute Gasteiger partial charge is 0.189 e. The number of nitriles is 2. The number of rotatable bonds is 3. The number of nitrogens with zero attached hydrogens (tertiary/aromatic N) is 5. The average Bonchev–Trinajstić information content (AvgIpc) is 3.33. The fourth-order valence-electron chi connectivity index (χ4n) is 5.04. The first-order valence-electron chi connectivity index (χ1n) is 12.1. The zero-order chi connectivity index (χ0) is 26.9. The molecule has 0 N–H and O–H groups in total. The lowest BCUT2D eigenvalue weighted by Gasteiger charge is -2.13. The Morgan fingerprint density at radius 3 is 1.87 bits per heavy atom. The maximum atomic E-state index is 9.76. The summed E-state index contributed by atoms with van der Waals surface area (Å²) in [6, 6.07) is 36.8. The molecule has 39 heavy (non-hydrogen) atoms. The molecule has 0 spiro atoms. The minimum atomic E-state index is 0.465. The summed E-state index contributed by atoms with van der Waals surface area (Å²) in [5.74, 6) is 0. The molecule has 0 aliphatic heterocycles. The molecule has 0 fully saturated rings. The lowest BCUT2D eigenvalue weighted by Crippen LogP contribution is -1.95. The van der Waals surface area contributed by atoms with Gasteiger partial charge in [0.2, 0.25) is 0 Å². The predicted octanol–water partition coefficient (Wildman–Crippen LogP) is 8.96. The highest BCUT2D eigenvalue weighted by Gasteiger charge is 2.16. The van der Waals surface area contributed by atoms with Gasteiger partial charge in [0.05, 0.1) is 47.4 Å². The quantitative estimate of drug-likeness (QED) is 0.230. The lowest BCUT2D eigenvalue weighted by atomic mass is 9.96. The molecular weight excluding hydrogens is 478 g/mol. The average molecular weight is 496 g/mol. The summed E-state index contributed by atoms with van der Waals surface area (Å²) in [5, 5.41) is 21.0. The van der Waals surface area contributed by atoms with Crippen molar-refractivity contribution in [1.82, 2.24) is 4.57 Å². The van der Waals surface area contributed by atoms with Crippen molar-refractivity contribution >= 4 is 33.2 Å². The van der Waals surface area contributed by atoms with Crippen LogP contribution in [-0.4, -0.2) is 4.57 Å². The largest absolute Gasteiger partial charge is 0.311 e. The van der Waals surface area contributed by atoms with Gasteiger partial charge in [-0.1, -0.05) is 36.4 Å². The van der Waals surface area contributed by atoms with Crippen LogP contribution in [0, 0.1) is 35.8 Å². The molecule has 0 unspecified atom stereocenters. The van der Waals surface area contributed by atoms with Crippen LogP contribution in [0.1, 0.15) is 11.1 Å². The summed E-state index contributed by atoms with van der Waals surface area (Å²) in [6.45, 7) is 15.3. The highest BCUT2D eigenvalue weighted by atomic mass is 15.0. The van der Waals surface area contributed by atoms with E-state index in [9.17, 15) is 10.5 Å². The maximum absolute atomic E-state index is 9.76. The van der Waals surface area contributed by atoms with Crippen molar-refractivity contribution in [2.24, 2.45) is 0 Å². The second kappa shape index (κ2) is 9.38. The Labute approximate surface area is 225 Å². The Kier molecular flexibility index (Phi) is 5.60. The minimum absolute atomic E-state index is 0.465. The molecule has 0 bridgehead atoms. The highest BCUT2D eigenvalue weighted by molar-refractivity contribution is 6.10. The van der Waals surface area contributed by atoms with Crippen molar-refractivity contribution < 1.29 is 0 Å². The van der Waals surface area contributed by atoms with E-state index in [0.29, 0.717) is 22.5 Å². The summed E-state index contributed by atoms with van der Waals surface area (Å²) in [6.07, 6.45) is 0. The Balaban J connectivity index is 1.63. The molecule has 5 nitrogen and oxygen atoms in total. The van der Waals surface area contributed by atoms with Crippen LogP contribution in [0.15, 0.2) is 103 Å². The van der Waals surface area contributed by atoms with Gasteiger partial charge < -0.3 is 4.57 Å². The molecule has 0 atom stereocenters. The van der Waals surface area contributed by atoms with Crippen molar-refractivity contribution in [2.45, 2.75) is 0 Å². The number of benzene rings is 5. The van der Waals surface area contributed by atoms with Gasteiger partial charge >= 0.3 is 0 Å². The second-order valence-corrected chi connectivity index (χ2v) is 9.12. The van der Waals surface area contributed by atoms with Crippen molar-refractivity contribution in [3.63, 3.8) is 0 Å². The van der Waals surface area contributed by atoms with Crippen LogP contribution in [0.5, 0.6) is 0 Å². The maximum Gasteiger partial charge on any atom is 0.189 e. The van der Waals surface area contributed by atoms with Crippen molar-refractivity contribution in [2.75, 3.05) is 0 Å². The summed E-state index contributed by atoms with van der Waals surface area (Å²) >= 11 is 0. The van der Waals surface area contributed by atoms with E-state index in [1.54, 1.807) is 12.1 Å². The molecule has 0 radical (unpaired) electrons. The third-order valence-electron chi connectivity index (χ3n) is 6.80. The number of fused-ring (bicyclic) bond motifs is 3. The van der Waals surface area contributed by atoms with Crippen molar-refractivity contribution in [3.05, 3.63) is 137 Å². The Hall–Kier alpha value is -6.14. The molecule has 0 saturated carbocycles. The van der Waals surface area contributed by atoms with Gasteiger partial charge in [-0.2, -0.15) is 10.5 Å². The van der Waals surface area contributed by atoms with E-state index in [2.05, 4.69) is 26.4 Å². The minimum Gasteiger partial charge on any atom is -0.311 e. The second-order valence-electron chi connectivity index (χ2n) is 9.12. The summed E-state index contributed by atoms with van der Waals surface area (Å²) < 4.78 is 2.06. The normalized spacial score (nSPS) is 10.5. The van der Waals surface area contributed by atoms with E-state index in [1.807, 2.05) is 91.0 Å². The fraction of sp³-hybridized carbons (Fsp3) is 0. The van der Waals surface area contributed by atoms with Gasteiger partial charge in [0.15, 0.2) is 11.4 Å². The van der Waals surface area contributed by atoms with Crippen LogP contribution in [0.4, 0.5) is 11.4 Å². The first-order chi connectivity index (χ1) is 19.1. The molecule has 178 valence electrons. The van der Waals surface area contributed by atoms with Gasteiger partial charge in [0, 0.05) is 11.1 Å². The Bertz CT molecular complexity index is 2040. The molecule has 1 heterocycles. The molecule has 0 aliphatic rings. The molecule has 0 aliphatic carbocycles. The van der Waals surface area contributed by atoms with Gasteiger partial charge in [-0.3, -0.25) is 0 Å². The topological polar surface area (TPSA) is 61.2 Å². The molecule has 5 heteroatoms. The summed E-state index contributed by atoms with van der Waals surface area (Å²) in [4.78, 5) is 7.35. The third kappa shape index (κ3) is 4.04. The highest BCUT2D eigenvalue weighted by Crippen LogP contribution is 2.38. The van der Waals surface area contributed by atoms with Crippen LogP contribution in [0.25, 0.3) is 59.4 Å². The molecule has 0 saturated heterocycles. The van der Waals surface area contributed by atoms with E-state index < -0.39 is 0 Å². The summed E-state index contributed by atoms with van der Waals surface area (Å²) in [5.41, 5.74) is 8.15. The van der Waals surface area contributed by atoms with Crippen LogP contribution in [0.2, 0.25) is 0 Å². The van der Waals surface area contributed by atoms with Crippen LogP contribution in [0.3, 0.4) is 0 Å². The Morgan fingerprint density at radius 2 is 1.18 bits per heavy atom. The first-order valence-corrected chi connectivity index (χ1v) is 12.1. The van der Waals surface area contributed by atoms with Crippen LogP contribution in [-0.2, 0) is 0 Å². The molecular formula is C34H17N5. The molecule has 0 amide bonds. The number of aromatic nitrogens is 1. The van der Waals surface area contributed by atoms with E-state index in [-0.39, 0.29) is 0 Å². The Morgan fingerprint density at radius 1 is 0.538 bits per heavy atom. The third-order valence-corrected chi connectivity index (χ3v) is 6.80. The van der Waals surface area contributed by atoms with Gasteiger partial charge in [-0.05, 0) is 94.4 Å². The number of hydrogen-bond acceptors (Lipinski definition) is 2. The zero-order valence-electron chi connectivity index (χ0n) is 20.6. The lowest BCUT2D eigenvalue weighted by molar-refractivity contribution is 1.18. The van der Waals surface area contributed by atoms with Gasteiger partial charge in [-0.25, -0.2) is 9.69 Å². The molecule has 1 aromatic heterocycles. The van der Waals surface area contributed by atoms with Crippen LogP contribution < -0.4 is 0 Å². The zero-order valence-corrected chi connectivity index (χ0v) is 20.6. The van der Waals surface area contributed by atoms with E-state index in [1.165, 1.54) is 0 Å².